The minimum Gasteiger partial charge on any atom is -0.485 e. The van der Waals surface area contributed by atoms with Crippen molar-refractivity contribution in [3.05, 3.63) is 70.6 Å². The highest BCUT2D eigenvalue weighted by Gasteiger charge is 2.09. The summed E-state index contributed by atoms with van der Waals surface area (Å²) in [6.45, 7) is 0.139. The van der Waals surface area contributed by atoms with Gasteiger partial charge in [-0.15, -0.1) is 10.2 Å². The van der Waals surface area contributed by atoms with E-state index in [-0.39, 0.29) is 12.4 Å². The van der Waals surface area contributed by atoms with E-state index in [0.29, 0.717) is 28.3 Å². The molecule has 0 unspecified atom stereocenters. The van der Waals surface area contributed by atoms with E-state index in [1.807, 2.05) is 0 Å². The normalized spacial score (nSPS) is 10.9. The summed E-state index contributed by atoms with van der Waals surface area (Å²) in [7, 11) is 0. The Kier molecular flexibility index (Phi) is 3.70. The second kappa shape index (κ2) is 6.16. The topological polar surface area (TPSA) is 93.9 Å². The molecule has 0 atom stereocenters. The fourth-order valence-corrected chi connectivity index (χ4v) is 2.40. The predicted octanol–water partition coefficient (Wildman–Crippen LogP) is 2.69. The van der Waals surface area contributed by atoms with Crippen LogP contribution in [0.1, 0.15) is 5.82 Å². The SMILES string of the molecule is O=c1oc2cc(OCc3nn[nH]n3)ccc2cc1-c1ccc(F)cc1. The molecular formula is C17H11FN4O3. The molecule has 4 rings (SSSR count). The van der Waals surface area contributed by atoms with E-state index in [0.717, 1.165) is 5.39 Å². The molecule has 0 spiro atoms. The Hall–Kier alpha value is -3.55. The Bertz CT molecular complexity index is 1080. The average molecular weight is 338 g/mol. The van der Waals surface area contributed by atoms with Crippen LogP contribution in [0.5, 0.6) is 5.75 Å². The van der Waals surface area contributed by atoms with Crippen LogP contribution in [0.4, 0.5) is 4.39 Å². The van der Waals surface area contributed by atoms with Crippen LogP contribution < -0.4 is 10.4 Å². The van der Waals surface area contributed by atoms with Crippen molar-refractivity contribution < 1.29 is 13.5 Å². The zero-order valence-corrected chi connectivity index (χ0v) is 12.8. The molecule has 124 valence electrons. The molecule has 2 heterocycles. The number of nitrogens with one attached hydrogen (secondary N) is 1. The Balaban J connectivity index is 1.66. The molecule has 0 bridgehead atoms. The summed E-state index contributed by atoms with van der Waals surface area (Å²) in [5, 5.41) is 14.1. The van der Waals surface area contributed by atoms with Crippen molar-refractivity contribution in [3.8, 4) is 16.9 Å². The Morgan fingerprint density at radius 3 is 2.72 bits per heavy atom. The number of nitrogens with zero attached hydrogens (tertiary/aromatic N) is 3. The van der Waals surface area contributed by atoms with E-state index in [1.54, 1.807) is 24.3 Å². The third kappa shape index (κ3) is 3.09. The van der Waals surface area contributed by atoms with Crippen LogP contribution in [0, 0.1) is 5.82 Å². The average Bonchev–Trinajstić information content (AvgIpc) is 3.14. The van der Waals surface area contributed by atoms with Gasteiger partial charge >= 0.3 is 5.63 Å². The fraction of sp³-hybridized carbons (Fsp3) is 0.0588. The molecule has 2 aromatic heterocycles. The molecule has 25 heavy (non-hydrogen) atoms. The van der Waals surface area contributed by atoms with Gasteiger partial charge in [-0.25, -0.2) is 9.18 Å². The van der Waals surface area contributed by atoms with Gasteiger partial charge in [0.15, 0.2) is 6.61 Å². The van der Waals surface area contributed by atoms with Crippen molar-refractivity contribution in [1.29, 1.82) is 0 Å². The summed E-state index contributed by atoms with van der Waals surface area (Å²) in [6, 6.07) is 12.5. The molecule has 7 nitrogen and oxygen atoms in total. The van der Waals surface area contributed by atoms with E-state index in [1.165, 1.54) is 24.3 Å². The number of ether oxygens (including phenoxy) is 1. The van der Waals surface area contributed by atoms with Gasteiger partial charge in [0.25, 0.3) is 0 Å². The van der Waals surface area contributed by atoms with Crippen molar-refractivity contribution in [2.75, 3.05) is 0 Å². The van der Waals surface area contributed by atoms with Gasteiger partial charge in [0.2, 0.25) is 5.82 Å². The monoisotopic (exact) mass is 338 g/mol. The Morgan fingerprint density at radius 1 is 1.12 bits per heavy atom. The lowest BCUT2D eigenvalue weighted by Gasteiger charge is -2.06. The van der Waals surface area contributed by atoms with Crippen molar-refractivity contribution in [3.63, 3.8) is 0 Å². The summed E-state index contributed by atoms with van der Waals surface area (Å²) < 4.78 is 24.0. The third-order valence-corrected chi connectivity index (χ3v) is 3.62. The van der Waals surface area contributed by atoms with Gasteiger partial charge in [-0.2, -0.15) is 5.21 Å². The van der Waals surface area contributed by atoms with Crippen LogP contribution in [0.3, 0.4) is 0 Å². The minimum absolute atomic E-state index is 0.139. The van der Waals surface area contributed by atoms with Gasteiger partial charge in [0, 0.05) is 11.5 Å². The lowest BCUT2D eigenvalue weighted by atomic mass is 10.1. The van der Waals surface area contributed by atoms with Crippen LogP contribution in [0.15, 0.2) is 57.7 Å². The molecule has 0 fully saturated rings. The number of hydrogen-bond donors (Lipinski definition) is 1. The van der Waals surface area contributed by atoms with Crippen LogP contribution >= 0.6 is 0 Å². The predicted molar refractivity (Wildman–Crippen MR) is 86.4 cm³/mol. The smallest absolute Gasteiger partial charge is 0.344 e. The zero-order chi connectivity index (χ0) is 17.2. The molecule has 1 N–H and O–H groups in total. The fourth-order valence-electron chi connectivity index (χ4n) is 2.40. The summed E-state index contributed by atoms with van der Waals surface area (Å²) in [4.78, 5) is 12.2. The van der Waals surface area contributed by atoms with E-state index >= 15 is 0 Å². The quantitative estimate of drug-likeness (QED) is 0.575. The summed E-state index contributed by atoms with van der Waals surface area (Å²) in [6.07, 6.45) is 0. The van der Waals surface area contributed by atoms with Crippen molar-refractivity contribution in [2.24, 2.45) is 0 Å². The second-order valence-electron chi connectivity index (χ2n) is 5.27. The highest BCUT2D eigenvalue weighted by atomic mass is 19.1. The van der Waals surface area contributed by atoms with Gasteiger partial charge in [-0.3, -0.25) is 0 Å². The second-order valence-corrected chi connectivity index (χ2v) is 5.27. The molecule has 2 aromatic carbocycles. The van der Waals surface area contributed by atoms with Gasteiger partial charge in [0.05, 0.1) is 5.56 Å². The molecule has 0 aliphatic carbocycles. The number of tetrazole rings is 1. The van der Waals surface area contributed by atoms with Gasteiger partial charge in [-0.1, -0.05) is 17.3 Å². The van der Waals surface area contributed by atoms with Gasteiger partial charge in [-0.05, 0) is 35.9 Å². The summed E-state index contributed by atoms with van der Waals surface area (Å²) in [5.41, 5.74) is 0.846. The first kappa shape index (κ1) is 15.0. The van der Waals surface area contributed by atoms with Crippen LogP contribution in [-0.2, 0) is 6.61 Å². The van der Waals surface area contributed by atoms with Crippen LogP contribution in [0.25, 0.3) is 22.1 Å². The van der Waals surface area contributed by atoms with Crippen LogP contribution in [-0.4, -0.2) is 20.6 Å². The molecule has 0 amide bonds. The number of halogens is 1. The molecule has 4 aromatic rings. The zero-order valence-electron chi connectivity index (χ0n) is 12.8. The number of aromatic nitrogens is 4. The van der Waals surface area contributed by atoms with E-state index < -0.39 is 5.63 Å². The number of rotatable bonds is 4. The van der Waals surface area contributed by atoms with E-state index in [2.05, 4.69) is 20.6 Å². The molecule has 0 radical (unpaired) electrons. The first-order valence-corrected chi connectivity index (χ1v) is 7.38. The molecule has 0 saturated carbocycles. The lowest BCUT2D eigenvalue weighted by molar-refractivity contribution is 0.296. The maximum Gasteiger partial charge on any atom is 0.344 e. The Labute approximate surface area is 140 Å². The number of aromatic amines is 1. The summed E-state index contributed by atoms with van der Waals surface area (Å²) in [5.74, 6) is 0.556. The number of hydrogen-bond acceptors (Lipinski definition) is 6. The Morgan fingerprint density at radius 2 is 1.96 bits per heavy atom. The lowest BCUT2D eigenvalue weighted by Crippen LogP contribution is -2.03. The first-order valence-electron chi connectivity index (χ1n) is 7.38. The van der Waals surface area contributed by atoms with Gasteiger partial charge in [0.1, 0.15) is 17.1 Å². The van der Waals surface area contributed by atoms with Crippen molar-refractivity contribution >= 4 is 11.0 Å². The number of H-pyrrole nitrogens is 1. The number of fused-ring (bicyclic) bond motifs is 1. The first-order chi connectivity index (χ1) is 12.2. The maximum absolute atomic E-state index is 13.0. The highest BCUT2D eigenvalue weighted by molar-refractivity contribution is 5.82. The standard InChI is InChI=1S/C17H11FN4O3/c18-12-4-1-10(2-5-12)14-7-11-3-6-13(8-15(11)25-17(14)23)24-9-16-19-21-22-20-16/h1-8H,9H2,(H,19,20,21,22). The molecule has 0 aliphatic heterocycles. The van der Waals surface area contributed by atoms with Crippen LogP contribution in [0.2, 0.25) is 0 Å². The molecule has 0 saturated heterocycles. The highest BCUT2D eigenvalue weighted by Crippen LogP contribution is 2.24. The van der Waals surface area contributed by atoms with Gasteiger partial charge < -0.3 is 9.15 Å². The minimum atomic E-state index is -0.505. The maximum atomic E-state index is 13.0. The van der Waals surface area contributed by atoms with Crippen molar-refractivity contribution in [1.82, 2.24) is 20.6 Å². The third-order valence-electron chi connectivity index (χ3n) is 3.62. The van der Waals surface area contributed by atoms with E-state index in [9.17, 15) is 9.18 Å². The molecule has 8 heteroatoms. The summed E-state index contributed by atoms with van der Waals surface area (Å²) >= 11 is 0. The largest absolute Gasteiger partial charge is 0.485 e. The molecule has 0 aliphatic rings. The number of benzene rings is 2. The molecular weight excluding hydrogens is 327 g/mol. The van der Waals surface area contributed by atoms with Crippen molar-refractivity contribution in [2.45, 2.75) is 6.61 Å². The van der Waals surface area contributed by atoms with E-state index in [4.69, 9.17) is 9.15 Å².